The number of benzene rings is 2. The van der Waals surface area contributed by atoms with Gasteiger partial charge in [-0.05, 0) is 62.6 Å². The van der Waals surface area contributed by atoms with Crippen molar-refractivity contribution in [2.45, 2.75) is 32.8 Å². The molecule has 1 atom stereocenters. The Balaban J connectivity index is 1.75. The molecule has 0 aliphatic carbocycles. The van der Waals surface area contributed by atoms with Gasteiger partial charge in [0.2, 0.25) is 0 Å². The summed E-state index contributed by atoms with van der Waals surface area (Å²) in [5.74, 6) is -0.270. The molecule has 0 spiro atoms. The molecule has 3 rings (SSSR count). The number of hydrogen-bond acceptors (Lipinski definition) is 3. The summed E-state index contributed by atoms with van der Waals surface area (Å²) in [5.41, 5.74) is 1.76. The van der Waals surface area contributed by atoms with Crippen LogP contribution in [0.15, 0.2) is 36.4 Å². The number of amides is 1. The Morgan fingerprint density at radius 3 is 2.69 bits per heavy atom. The zero-order chi connectivity index (χ0) is 18.7. The number of nitrogens with zero attached hydrogens (tertiary/aromatic N) is 1. The molecule has 0 radical (unpaired) electrons. The minimum absolute atomic E-state index is 0.211. The molecule has 6 heteroatoms. The first-order valence-corrected chi connectivity index (χ1v) is 9.10. The molecule has 4 nitrogen and oxygen atoms in total. The van der Waals surface area contributed by atoms with Gasteiger partial charge in [-0.1, -0.05) is 17.7 Å². The smallest absolute Gasteiger partial charge is 0.265 e. The fourth-order valence-corrected chi connectivity index (χ4v) is 3.30. The first-order chi connectivity index (χ1) is 12.5. The number of ether oxygens (including phenoxy) is 1. The van der Waals surface area contributed by atoms with Gasteiger partial charge >= 0.3 is 0 Å². The van der Waals surface area contributed by atoms with Gasteiger partial charge in [0.25, 0.3) is 5.91 Å². The highest BCUT2D eigenvalue weighted by Gasteiger charge is 2.22. The lowest BCUT2D eigenvalue weighted by atomic mass is 10.2. The highest BCUT2D eigenvalue weighted by atomic mass is 35.5. The fraction of sp³-hybridized carbons (Fsp3) is 0.350. The zero-order valence-electron chi connectivity index (χ0n) is 14.9. The van der Waals surface area contributed by atoms with Gasteiger partial charge in [0.05, 0.1) is 5.69 Å². The monoisotopic (exact) mass is 376 g/mol. The fourth-order valence-electron chi connectivity index (χ4n) is 3.07. The normalized spacial score (nSPS) is 15.0. The maximum atomic E-state index is 14.4. The summed E-state index contributed by atoms with van der Waals surface area (Å²) >= 11 is 5.94. The molecule has 0 saturated carbocycles. The van der Waals surface area contributed by atoms with Gasteiger partial charge in [-0.2, -0.15) is 0 Å². The van der Waals surface area contributed by atoms with E-state index in [0.29, 0.717) is 16.5 Å². The Hall–Kier alpha value is -2.27. The lowest BCUT2D eigenvalue weighted by molar-refractivity contribution is -0.122. The van der Waals surface area contributed by atoms with Crippen molar-refractivity contribution in [3.63, 3.8) is 0 Å². The topological polar surface area (TPSA) is 41.6 Å². The van der Waals surface area contributed by atoms with Crippen molar-refractivity contribution in [1.29, 1.82) is 0 Å². The number of hydrogen-bond donors (Lipinski definition) is 1. The zero-order valence-corrected chi connectivity index (χ0v) is 15.6. The Morgan fingerprint density at radius 1 is 1.27 bits per heavy atom. The van der Waals surface area contributed by atoms with E-state index in [9.17, 15) is 9.18 Å². The molecular formula is C20H22ClFN2O2. The maximum Gasteiger partial charge on any atom is 0.265 e. The van der Waals surface area contributed by atoms with Crippen molar-refractivity contribution < 1.29 is 13.9 Å². The van der Waals surface area contributed by atoms with Gasteiger partial charge in [0.1, 0.15) is 17.3 Å². The predicted molar refractivity (Wildman–Crippen MR) is 103 cm³/mol. The van der Waals surface area contributed by atoms with Crippen LogP contribution in [0.25, 0.3) is 0 Å². The van der Waals surface area contributed by atoms with Gasteiger partial charge in [-0.25, -0.2) is 4.39 Å². The first-order valence-electron chi connectivity index (χ1n) is 8.73. The van der Waals surface area contributed by atoms with E-state index in [1.54, 1.807) is 31.2 Å². The molecule has 26 heavy (non-hydrogen) atoms. The lowest BCUT2D eigenvalue weighted by Crippen LogP contribution is -2.31. The quantitative estimate of drug-likeness (QED) is 0.815. The molecule has 1 saturated heterocycles. The van der Waals surface area contributed by atoms with Crippen LogP contribution in [-0.4, -0.2) is 25.1 Å². The number of carbonyl (C=O) groups excluding carboxylic acids is 1. The molecule has 2 aromatic rings. The number of nitrogens with one attached hydrogen (secondary N) is 1. The number of carbonyl (C=O) groups is 1. The van der Waals surface area contributed by atoms with Gasteiger partial charge in [-0.15, -0.1) is 0 Å². The average Bonchev–Trinajstić information content (AvgIpc) is 3.13. The summed E-state index contributed by atoms with van der Waals surface area (Å²) in [5, 5.41) is 3.31. The lowest BCUT2D eigenvalue weighted by Gasteiger charge is -2.23. The third-order valence-electron chi connectivity index (χ3n) is 4.50. The number of anilines is 2. The van der Waals surface area contributed by atoms with Crippen LogP contribution in [0, 0.1) is 12.7 Å². The van der Waals surface area contributed by atoms with E-state index in [-0.39, 0.29) is 5.69 Å². The van der Waals surface area contributed by atoms with Crippen LogP contribution in [-0.2, 0) is 4.79 Å². The van der Waals surface area contributed by atoms with E-state index in [1.807, 2.05) is 13.0 Å². The van der Waals surface area contributed by atoms with E-state index < -0.39 is 17.8 Å². The molecular weight excluding hydrogens is 355 g/mol. The summed E-state index contributed by atoms with van der Waals surface area (Å²) < 4.78 is 20.1. The Bertz CT molecular complexity index is 806. The van der Waals surface area contributed by atoms with Crippen molar-refractivity contribution in [3.05, 3.63) is 52.8 Å². The Kier molecular flexibility index (Phi) is 5.67. The molecule has 1 heterocycles. The highest BCUT2D eigenvalue weighted by molar-refractivity contribution is 6.30. The standard InChI is InChI=1S/C20H22ClFN2O2/c1-13-12-15(21)8-9-18(13)26-14(2)20(25)23-19-16(22)6-5-7-17(19)24-10-3-4-11-24/h5-9,12,14H,3-4,10-11H2,1-2H3,(H,23,25). The summed E-state index contributed by atoms with van der Waals surface area (Å²) in [7, 11) is 0. The van der Waals surface area contributed by atoms with E-state index in [1.165, 1.54) is 6.07 Å². The van der Waals surface area contributed by atoms with E-state index in [4.69, 9.17) is 16.3 Å². The molecule has 1 aliphatic heterocycles. The van der Waals surface area contributed by atoms with Gasteiger partial charge in [-0.3, -0.25) is 4.79 Å². The molecule has 1 N–H and O–H groups in total. The van der Waals surface area contributed by atoms with Crippen molar-refractivity contribution in [3.8, 4) is 5.75 Å². The summed E-state index contributed by atoms with van der Waals surface area (Å²) in [4.78, 5) is 14.7. The molecule has 0 aromatic heterocycles. The molecule has 1 unspecified atom stereocenters. The third kappa shape index (κ3) is 4.10. The van der Waals surface area contributed by atoms with E-state index in [0.717, 1.165) is 31.5 Å². The van der Waals surface area contributed by atoms with Gasteiger partial charge in [0, 0.05) is 18.1 Å². The summed E-state index contributed by atoms with van der Waals surface area (Å²) in [6.07, 6.45) is 1.36. The van der Waals surface area contributed by atoms with Crippen LogP contribution >= 0.6 is 11.6 Å². The van der Waals surface area contributed by atoms with Crippen molar-refractivity contribution in [2.24, 2.45) is 0 Å². The van der Waals surface area contributed by atoms with Crippen LogP contribution < -0.4 is 15.0 Å². The molecule has 1 fully saturated rings. The second kappa shape index (κ2) is 7.96. The second-order valence-electron chi connectivity index (χ2n) is 6.49. The van der Waals surface area contributed by atoms with Crippen LogP contribution in [0.4, 0.5) is 15.8 Å². The Morgan fingerprint density at radius 2 is 2.00 bits per heavy atom. The van der Waals surface area contributed by atoms with Crippen LogP contribution in [0.3, 0.4) is 0 Å². The van der Waals surface area contributed by atoms with E-state index in [2.05, 4.69) is 10.2 Å². The number of para-hydroxylation sites is 1. The summed E-state index contributed by atoms with van der Waals surface area (Å²) in [6, 6.07) is 10.0. The van der Waals surface area contributed by atoms with Crippen molar-refractivity contribution >= 4 is 28.9 Å². The van der Waals surface area contributed by atoms with E-state index >= 15 is 0 Å². The molecule has 1 amide bonds. The predicted octanol–water partition coefficient (Wildman–Crippen LogP) is 4.79. The molecule has 0 bridgehead atoms. The minimum atomic E-state index is -0.777. The minimum Gasteiger partial charge on any atom is -0.481 e. The number of aryl methyl sites for hydroxylation is 1. The van der Waals surface area contributed by atoms with Crippen LogP contribution in [0.5, 0.6) is 5.75 Å². The highest BCUT2D eigenvalue weighted by Crippen LogP contribution is 2.31. The largest absolute Gasteiger partial charge is 0.481 e. The maximum absolute atomic E-state index is 14.4. The van der Waals surface area contributed by atoms with Crippen molar-refractivity contribution in [2.75, 3.05) is 23.3 Å². The first kappa shape index (κ1) is 18.5. The third-order valence-corrected chi connectivity index (χ3v) is 4.73. The van der Waals surface area contributed by atoms with Gasteiger partial charge in [0.15, 0.2) is 6.10 Å². The van der Waals surface area contributed by atoms with Gasteiger partial charge < -0.3 is 15.0 Å². The SMILES string of the molecule is Cc1cc(Cl)ccc1OC(C)C(=O)Nc1c(F)cccc1N1CCCC1. The second-order valence-corrected chi connectivity index (χ2v) is 6.92. The molecule has 1 aliphatic rings. The summed E-state index contributed by atoms with van der Waals surface area (Å²) in [6.45, 7) is 5.22. The van der Waals surface area contributed by atoms with Crippen molar-refractivity contribution in [1.82, 2.24) is 0 Å². The van der Waals surface area contributed by atoms with Crippen LogP contribution in [0.1, 0.15) is 25.3 Å². The van der Waals surface area contributed by atoms with Crippen LogP contribution in [0.2, 0.25) is 5.02 Å². The Labute approximate surface area is 157 Å². The molecule has 2 aromatic carbocycles. The molecule has 138 valence electrons. The average molecular weight is 377 g/mol. The number of halogens is 2. The number of rotatable bonds is 5.